The average Bonchev–Trinajstić information content (AvgIpc) is 3.13. The number of amides is 1. The van der Waals surface area contributed by atoms with Gasteiger partial charge in [-0.2, -0.15) is 0 Å². The maximum atomic E-state index is 14.2. The summed E-state index contributed by atoms with van der Waals surface area (Å²) >= 11 is 6.10. The minimum atomic E-state index is -0.550. The molecule has 3 N–H and O–H groups in total. The Morgan fingerprint density at radius 3 is 2.92 bits per heavy atom. The Morgan fingerprint density at radius 1 is 1.48 bits per heavy atom. The van der Waals surface area contributed by atoms with Crippen molar-refractivity contribution in [2.45, 2.75) is 32.2 Å². The van der Waals surface area contributed by atoms with Crippen molar-refractivity contribution < 1.29 is 13.7 Å². The molecule has 1 aliphatic rings. The number of nitrogens with one attached hydrogen (secondary N) is 1. The molecule has 136 valence electrons. The van der Waals surface area contributed by atoms with Gasteiger partial charge in [-0.15, -0.1) is 12.4 Å². The second-order valence-electron chi connectivity index (χ2n) is 6.07. The first-order chi connectivity index (χ1) is 11.5. The Kier molecular flexibility index (Phi) is 6.43. The third-order valence-corrected chi connectivity index (χ3v) is 4.88. The molecule has 0 bridgehead atoms. The summed E-state index contributed by atoms with van der Waals surface area (Å²) in [5.74, 6) is -0.308. The zero-order chi connectivity index (χ0) is 17.3. The van der Waals surface area contributed by atoms with Crippen molar-refractivity contribution in [3.05, 3.63) is 40.4 Å². The normalized spacial score (nSPS) is 19.5. The van der Waals surface area contributed by atoms with Crippen LogP contribution in [0.5, 0.6) is 0 Å². The monoisotopic (exact) mass is 387 g/mol. The highest BCUT2D eigenvalue weighted by Gasteiger charge is 2.31. The molecular formula is C17H20Cl2FN3O2. The number of aryl methyl sites for hydroxylation is 1. The van der Waals surface area contributed by atoms with Gasteiger partial charge in [-0.05, 0) is 44.4 Å². The van der Waals surface area contributed by atoms with Crippen LogP contribution in [0.3, 0.4) is 0 Å². The molecule has 0 radical (unpaired) electrons. The standard InChI is InChI=1S/C17H19ClFN3O2.ClH/c1-9-14(17(23)21-13-7-2-4-10(13)8-20)16(22-24-9)15-11(18)5-3-6-12(15)19;/h3,5-6,10,13H,2,4,7-8,20H2,1H3,(H,21,23);1H. The summed E-state index contributed by atoms with van der Waals surface area (Å²) in [5.41, 5.74) is 6.17. The maximum Gasteiger partial charge on any atom is 0.257 e. The Balaban J connectivity index is 0.00000225. The number of nitrogens with zero attached hydrogens (tertiary/aromatic N) is 1. The SMILES string of the molecule is Cc1onc(-c2c(F)cccc2Cl)c1C(=O)NC1CCCC1CN.Cl. The van der Waals surface area contributed by atoms with E-state index in [-0.39, 0.29) is 52.1 Å². The van der Waals surface area contributed by atoms with Gasteiger partial charge in [0.1, 0.15) is 22.8 Å². The first kappa shape index (κ1) is 19.7. The predicted octanol–water partition coefficient (Wildman–Crippen LogP) is 3.72. The van der Waals surface area contributed by atoms with Gasteiger partial charge in [-0.3, -0.25) is 4.79 Å². The highest BCUT2D eigenvalue weighted by Crippen LogP contribution is 2.34. The van der Waals surface area contributed by atoms with Crippen LogP contribution >= 0.6 is 24.0 Å². The van der Waals surface area contributed by atoms with Crippen LogP contribution in [-0.4, -0.2) is 23.7 Å². The van der Waals surface area contributed by atoms with Crippen LogP contribution in [0.4, 0.5) is 4.39 Å². The lowest BCUT2D eigenvalue weighted by atomic mass is 10.0. The first-order valence-corrected chi connectivity index (χ1v) is 8.32. The number of carbonyl (C=O) groups excluding carboxylic acids is 1. The van der Waals surface area contributed by atoms with Gasteiger partial charge in [0.05, 0.1) is 10.6 Å². The highest BCUT2D eigenvalue weighted by atomic mass is 35.5. The Hall–Kier alpha value is -1.63. The molecule has 0 spiro atoms. The van der Waals surface area contributed by atoms with E-state index in [1.807, 2.05) is 0 Å². The number of benzene rings is 1. The van der Waals surface area contributed by atoms with Gasteiger partial charge in [0.15, 0.2) is 0 Å². The van der Waals surface area contributed by atoms with Crippen LogP contribution in [0.25, 0.3) is 11.3 Å². The number of rotatable bonds is 4. The highest BCUT2D eigenvalue weighted by molar-refractivity contribution is 6.33. The minimum absolute atomic E-state index is 0. The van der Waals surface area contributed by atoms with Crippen LogP contribution in [0.15, 0.2) is 22.7 Å². The van der Waals surface area contributed by atoms with E-state index in [2.05, 4.69) is 10.5 Å². The van der Waals surface area contributed by atoms with E-state index in [0.29, 0.717) is 12.3 Å². The fraction of sp³-hybridized carbons (Fsp3) is 0.412. The largest absolute Gasteiger partial charge is 0.360 e. The Labute approximate surface area is 156 Å². The van der Waals surface area contributed by atoms with Crippen molar-refractivity contribution in [3.8, 4) is 11.3 Å². The van der Waals surface area contributed by atoms with Gasteiger partial charge in [0.25, 0.3) is 5.91 Å². The van der Waals surface area contributed by atoms with Crippen molar-refractivity contribution in [1.29, 1.82) is 0 Å². The van der Waals surface area contributed by atoms with E-state index in [0.717, 1.165) is 19.3 Å². The summed E-state index contributed by atoms with van der Waals surface area (Å²) in [4.78, 5) is 12.7. The molecule has 25 heavy (non-hydrogen) atoms. The molecule has 2 atom stereocenters. The quantitative estimate of drug-likeness (QED) is 0.837. The zero-order valence-electron chi connectivity index (χ0n) is 13.7. The fourth-order valence-corrected chi connectivity index (χ4v) is 3.54. The molecule has 2 aromatic rings. The summed E-state index contributed by atoms with van der Waals surface area (Å²) in [6.07, 6.45) is 2.91. The average molecular weight is 388 g/mol. The third kappa shape index (κ3) is 3.81. The fourth-order valence-electron chi connectivity index (χ4n) is 3.28. The Bertz CT molecular complexity index is 746. The van der Waals surface area contributed by atoms with Crippen LogP contribution in [0.1, 0.15) is 35.4 Å². The number of carbonyl (C=O) groups is 1. The van der Waals surface area contributed by atoms with E-state index >= 15 is 0 Å². The van der Waals surface area contributed by atoms with Crippen molar-refractivity contribution in [3.63, 3.8) is 0 Å². The molecule has 1 aliphatic carbocycles. The lowest BCUT2D eigenvalue weighted by Gasteiger charge is -2.19. The van der Waals surface area contributed by atoms with Crippen LogP contribution in [0.2, 0.25) is 5.02 Å². The molecule has 1 fully saturated rings. The zero-order valence-corrected chi connectivity index (χ0v) is 15.3. The number of aromatic nitrogens is 1. The number of hydrogen-bond acceptors (Lipinski definition) is 4. The molecule has 5 nitrogen and oxygen atoms in total. The van der Waals surface area contributed by atoms with Gasteiger partial charge < -0.3 is 15.6 Å². The molecular weight excluding hydrogens is 368 g/mol. The van der Waals surface area contributed by atoms with Crippen LogP contribution in [-0.2, 0) is 0 Å². The van der Waals surface area contributed by atoms with Crippen molar-refractivity contribution >= 4 is 29.9 Å². The predicted molar refractivity (Wildman–Crippen MR) is 96.5 cm³/mol. The van der Waals surface area contributed by atoms with Crippen molar-refractivity contribution in [2.75, 3.05) is 6.54 Å². The summed E-state index contributed by atoms with van der Waals surface area (Å²) in [7, 11) is 0. The van der Waals surface area contributed by atoms with Crippen LogP contribution < -0.4 is 11.1 Å². The number of halogens is 3. The first-order valence-electron chi connectivity index (χ1n) is 7.94. The van der Waals surface area contributed by atoms with Crippen molar-refractivity contribution in [1.82, 2.24) is 10.5 Å². The van der Waals surface area contributed by atoms with Gasteiger partial charge in [-0.25, -0.2) is 4.39 Å². The molecule has 0 aliphatic heterocycles. The molecule has 8 heteroatoms. The molecule has 2 unspecified atom stereocenters. The topological polar surface area (TPSA) is 81.2 Å². The summed E-state index contributed by atoms with van der Waals surface area (Å²) in [5, 5.41) is 7.02. The molecule has 1 aromatic carbocycles. The van der Waals surface area contributed by atoms with Crippen LogP contribution in [0, 0.1) is 18.7 Å². The molecule has 1 saturated carbocycles. The molecule has 1 aromatic heterocycles. The number of nitrogens with two attached hydrogens (primary N) is 1. The molecule has 3 rings (SSSR count). The molecule has 1 heterocycles. The van der Waals surface area contributed by atoms with E-state index in [9.17, 15) is 9.18 Å². The van der Waals surface area contributed by atoms with E-state index in [4.69, 9.17) is 21.9 Å². The van der Waals surface area contributed by atoms with Gasteiger partial charge in [0, 0.05) is 6.04 Å². The lowest BCUT2D eigenvalue weighted by Crippen LogP contribution is -2.40. The minimum Gasteiger partial charge on any atom is -0.360 e. The second kappa shape index (κ2) is 8.17. The molecule has 0 saturated heterocycles. The smallest absolute Gasteiger partial charge is 0.257 e. The van der Waals surface area contributed by atoms with E-state index in [1.54, 1.807) is 13.0 Å². The van der Waals surface area contributed by atoms with E-state index < -0.39 is 5.82 Å². The molecule has 1 amide bonds. The maximum absolute atomic E-state index is 14.2. The third-order valence-electron chi connectivity index (χ3n) is 4.57. The van der Waals surface area contributed by atoms with Gasteiger partial charge in [-0.1, -0.05) is 29.2 Å². The van der Waals surface area contributed by atoms with Gasteiger partial charge >= 0.3 is 0 Å². The van der Waals surface area contributed by atoms with Gasteiger partial charge in [0.2, 0.25) is 0 Å². The lowest BCUT2D eigenvalue weighted by molar-refractivity contribution is 0.0928. The summed E-state index contributed by atoms with van der Waals surface area (Å²) in [6.45, 7) is 2.15. The Morgan fingerprint density at radius 2 is 2.24 bits per heavy atom. The van der Waals surface area contributed by atoms with Crippen molar-refractivity contribution in [2.24, 2.45) is 11.7 Å². The van der Waals surface area contributed by atoms with E-state index in [1.165, 1.54) is 12.1 Å². The summed E-state index contributed by atoms with van der Waals surface area (Å²) in [6, 6.07) is 4.33. The second-order valence-corrected chi connectivity index (χ2v) is 6.47. The summed E-state index contributed by atoms with van der Waals surface area (Å²) < 4.78 is 19.3. The number of hydrogen-bond donors (Lipinski definition) is 2.